The molecule has 6 heteroatoms. The van der Waals surface area contributed by atoms with E-state index < -0.39 is 0 Å². The van der Waals surface area contributed by atoms with E-state index in [2.05, 4.69) is 14.5 Å². The van der Waals surface area contributed by atoms with Gasteiger partial charge in [-0.1, -0.05) is 0 Å². The molecule has 19 heavy (non-hydrogen) atoms. The number of rotatable bonds is 7. The SMILES string of the molecule is COCCOCCn1c(C(C)Cl)nc2cnccc21. The van der Waals surface area contributed by atoms with E-state index in [1.54, 1.807) is 19.5 Å². The first-order chi connectivity index (χ1) is 9.24. The van der Waals surface area contributed by atoms with Gasteiger partial charge in [0.2, 0.25) is 0 Å². The third kappa shape index (κ3) is 3.43. The zero-order chi connectivity index (χ0) is 13.7. The van der Waals surface area contributed by atoms with E-state index >= 15 is 0 Å². The summed E-state index contributed by atoms with van der Waals surface area (Å²) in [6.07, 6.45) is 3.51. The maximum Gasteiger partial charge on any atom is 0.127 e. The summed E-state index contributed by atoms with van der Waals surface area (Å²) in [5.41, 5.74) is 1.90. The Morgan fingerprint density at radius 2 is 2.21 bits per heavy atom. The number of halogens is 1. The van der Waals surface area contributed by atoms with Crippen LogP contribution in [0.1, 0.15) is 18.1 Å². The Morgan fingerprint density at radius 3 is 2.95 bits per heavy atom. The lowest BCUT2D eigenvalue weighted by Crippen LogP contribution is -2.12. The molecule has 0 N–H and O–H groups in total. The van der Waals surface area contributed by atoms with Gasteiger partial charge in [-0.2, -0.15) is 0 Å². The van der Waals surface area contributed by atoms with Gasteiger partial charge in [-0.3, -0.25) is 4.98 Å². The third-order valence-electron chi connectivity index (χ3n) is 2.83. The molecule has 2 rings (SSSR count). The molecular formula is C13H18ClN3O2. The number of nitrogens with zero attached hydrogens (tertiary/aromatic N) is 3. The van der Waals surface area contributed by atoms with Crippen molar-refractivity contribution in [3.05, 3.63) is 24.3 Å². The Balaban J connectivity index is 2.13. The molecule has 0 spiro atoms. The highest BCUT2D eigenvalue weighted by molar-refractivity contribution is 6.20. The van der Waals surface area contributed by atoms with Gasteiger partial charge in [-0.25, -0.2) is 4.98 Å². The lowest BCUT2D eigenvalue weighted by atomic mass is 10.4. The molecule has 0 aliphatic carbocycles. The van der Waals surface area contributed by atoms with E-state index in [1.165, 1.54) is 0 Å². The highest BCUT2D eigenvalue weighted by Crippen LogP contribution is 2.23. The number of ether oxygens (including phenoxy) is 2. The third-order valence-corrected chi connectivity index (χ3v) is 3.02. The van der Waals surface area contributed by atoms with Crippen molar-refractivity contribution in [2.75, 3.05) is 26.9 Å². The first-order valence-electron chi connectivity index (χ1n) is 6.25. The lowest BCUT2D eigenvalue weighted by Gasteiger charge is -2.10. The topological polar surface area (TPSA) is 49.2 Å². The van der Waals surface area contributed by atoms with Crippen LogP contribution in [0.2, 0.25) is 0 Å². The molecule has 2 aromatic rings. The largest absolute Gasteiger partial charge is 0.382 e. The highest BCUT2D eigenvalue weighted by atomic mass is 35.5. The molecule has 1 unspecified atom stereocenters. The van der Waals surface area contributed by atoms with Gasteiger partial charge >= 0.3 is 0 Å². The normalized spacial score (nSPS) is 13.0. The molecule has 5 nitrogen and oxygen atoms in total. The predicted molar refractivity (Wildman–Crippen MR) is 74.5 cm³/mol. The summed E-state index contributed by atoms with van der Waals surface area (Å²) in [5, 5.41) is -0.147. The summed E-state index contributed by atoms with van der Waals surface area (Å²) in [6, 6.07) is 1.94. The van der Waals surface area contributed by atoms with Crippen molar-refractivity contribution in [2.45, 2.75) is 18.8 Å². The number of pyridine rings is 1. The number of hydrogen-bond acceptors (Lipinski definition) is 4. The predicted octanol–water partition coefficient (Wildman–Crippen LogP) is 2.39. The zero-order valence-corrected chi connectivity index (χ0v) is 11.9. The monoisotopic (exact) mass is 283 g/mol. The Morgan fingerprint density at radius 1 is 1.37 bits per heavy atom. The van der Waals surface area contributed by atoms with E-state index in [4.69, 9.17) is 21.1 Å². The molecule has 1 atom stereocenters. The molecule has 0 fully saturated rings. The molecule has 0 aliphatic heterocycles. The maximum atomic E-state index is 6.18. The fourth-order valence-electron chi connectivity index (χ4n) is 1.94. The number of imidazole rings is 1. The summed E-state index contributed by atoms with van der Waals surface area (Å²) in [7, 11) is 1.66. The van der Waals surface area contributed by atoms with Crippen LogP contribution in [-0.4, -0.2) is 41.5 Å². The van der Waals surface area contributed by atoms with Crippen molar-refractivity contribution in [1.82, 2.24) is 14.5 Å². The molecule has 0 radical (unpaired) electrons. The average molecular weight is 284 g/mol. The molecule has 0 bridgehead atoms. The molecule has 0 aromatic carbocycles. The van der Waals surface area contributed by atoms with Crippen LogP contribution >= 0.6 is 11.6 Å². The van der Waals surface area contributed by atoms with Gasteiger partial charge in [0.25, 0.3) is 0 Å². The molecule has 104 valence electrons. The standard InChI is InChI=1S/C13H18ClN3O2/c1-10(14)13-16-11-9-15-4-3-12(11)17(13)5-6-19-8-7-18-2/h3-4,9-10H,5-8H2,1-2H3. The minimum absolute atomic E-state index is 0.147. The second-order valence-electron chi connectivity index (χ2n) is 4.21. The molecule has 0 saturated carbocycles. The van der Waals surface area contributed by atoms with Crippen molar-refractivity contribution in [1.29, 1.82) is 0 Å². The Kier molecular flexibility index (Phi) is 5.13. The van der Waals surface area contributed by atoms with Crippen LogP contribution in [0.3, 0.4) is 0 Å². The van der Waals surface area contributed by atoms with Crippen LogP contribution in [0.5, 0.6) is 0 Å². The van der Waals surface area contributed by atoms with Crippen LogP contribution in [0, 0.1) is 0 Å². The van der Waals surface area contributed by atoms with Crippen LogP contribution in [0.4, 0.5) is 0 Å². The summed E-state index contributed by atoms with van der Waals surface area (Å²) in [5.74, 6) is 0.847. The van der Waals surface area contributed by atoms with E-state index in [-0.39, 0.29) is 5.38 Å². The van der Waals surface area contributed by atoms with Crippen molar-refractivity contribution >= 4 is 22.6 Å². The van der Waals surface area contributed by atoms with Gasteiger partial charge in [0.15, 0.2) is 0 Å². The molecule has 0 saturated heterocycles. The fraction of sp³-hybridized carbons (Fsp3) is 0.538. The lowest BCUT2D eigenvalue weighted by molar-refractivity contribution is 0.0667. The van der Waals surface area contributed by atoms with Crippen molar-refractivity contribution in [3.8, 4) is 0 Å². The van der Waals surface area contributed by atoms with Crippen molar-refractivity contribution in [3.63, 3.8) is 0 Å². The van der Waals surface area contributed by atoms with E-state index in [0.717, 1.165) is 23.4 Å². The van der Waals surface area contributed by atoms with Gasteiger partial charge < -0.3 is 14.0 Å². The summed E-state index contributed by atoms with van der Waals surface area (Å²) < 4.78 is 12.5. The fourth-order valence-corrected chi connectivity index (χ4v) is 2.11. The van der Waals surface area contributed by atoms with Crippen molar-refractivity contribution < 1.29 is 9.47 Å². The molecule has 2 aromatic heterocycles. The van der Waals surface area contributed by atoms with Gasteiger partial charge in [-0.05, 0) is 13.0 Å². The number of alkyl halides is 1. The van der Waals surface area contributed by atoms with Gasteiger partial charge in [0.05, 0.1) is 36.9 Å². The molecule has 0 amide bonds. The van der Waals surface area contributed by atoms with Crippen LogP contribution in [0.25, 0.3) is 11.0 Å². The zero-order valence-electron chi connectivity index (χ0n) is 11.2. The Bertz CT molecular complexity index is 528. The quantitative estimate of drug-likeness (QED) is 0.578. The molecule has 2 heterocycles. The number of hydrogen-bond donors (Lipinski definition) is 0. The summed E-state index contributed by atoms with van der Waals surface area (Å²) >= 11 is 6.18. The summed E-state index contributed by atoms with van der Waals surface area (Å²) in [6.45, 7) is 4.44. The first kappa shape index (κ1) is 14.2. The minimum atomic E-state index is -0.147. The number of methoxy groups -OCH3 is 1. The Hall–Kier alpha value is -1.17. The van der Waals surface area contributed by atoms with Crippen LogP contribution in [0.15, 0.2) is 18.5 Å². The molecule has 0 aliphatic rings. The van der Waals surface area contributed by atoms with E-state index in [0.29, 0.717) is 19.8 Å². The average Bonchev–Trinajstić information content (AvgIpc) is 2.78. The Labute approximate surface area is 117 Å². The van der Waals surface area contributed by atoms with Crippen LogP contribution in [-0.2, 0) is 16.0 Å². The van der Waals surface area contributed by atoms with Gasteiger partial charge in [-0.15, -0.1) is 11.6 Å². The number of fused-ring (bicyclic) bond motifs is 1. The van der Waals surface area contributed by atoms with E-state index in [9.17, 15) is 0 Å². The van der Waals surface area contributed by atoms with Gasteiger partial charge in [0.1, 0.15) is 11.3 Å². The second-order valence-corrected chi connectivity index (χ2v) is 4.86. The van der Waals surface area contributed by atoms with Crippen molar-refractivity contribution in [2.24, 2.45) is 0 Å². The van der Waals surface area contributed by atoms with Gasteiger partial charge in [0, 0.05) is 19.9 Å². The highest BCUT2D eigenvalue weighted by Gasteiger charge is 2.14. The second kappa shape index (κ2) is 6.84. The molecular weight excluding hydrogens is 266 g/mol. The summed E-state index contributed by atoms with van der Waals surface area (Å²) in [4.78, 5) is 8.60. The van der Waals surface area contributed by atoms with Crippen LogP contribution < -0.4 is 0 Å². The minimum Gasteiger partial charge on any atom is -0.382 e. The first-order valence-corrected chi connectivity index (χ1v) is 6.68. The maximum absolute atomic E-state index is 6.18. The smallest absolute Gasteiger partial charge is 0.127 e. The van der Waals surface area contributed by atoms with E-state index in [1.807, 2.05) is 13.0 Å². The number of aromatic nitrogens is 3.